The zero-order valence-corrected chi connectivity index (χ0v) is 8.39. The molecule has 2 nitrogen and oxygen atoms in total. The third kappa shape index (κ3) is 2.66. The van der Waals surface area contributed by atoms with Gasteiger partial charge in [0.05, 0.1) is 11.5 Å². The summed E-state index contributed by atoms with van der Waals surface area (Å²) in [5.74, 6) is 2.38. The third-order valence-corrected chi connectivity index (χ3v) is 1.80. The maximum absolute atomic E-state index is 5.39. The fourth-order valence-corrected chi connectivity index (χ4v) is 1.17. The van der Waals surface area contributed by atoms with E-state index in [4.69, 9.17) is 4.42 Å². The average Bonchev–Trinajstić information content (AvgIpc) is 2.34. The van der Waals surface area contributed by atoms with Gasteiger partial charge in [0.2, 0.25) is 5.89 Å². The highest BCUT2D eigenvalue weighted by atomic mass is 79.9. The van der Waals surface area contributed by atoms with Crippen LogP contribution < -0.4 is 0 Å². The summed E-state index contributed by atoms with van der Waals surface area (Å²) in [6, 6.07) is 0. The fraction of sp³-hybridized carbons (Fsp3) is 0.625. The van der Waals surface area contributed by atoms with E-state index in [0.29, 0.717) is 11.2 Å². The number of rotatable bonds is 3. The monoisotopic (exact) mass is 217 g/mol. The minimum absolute atomic E-state index is 0.631. The summed E-state index contributed by atoms with van der Waals surface area (Å²) in [5.41, 5.74) is 0. The molecule has 0 aliphatic rings. The Morgan fingerprint density at radius 1 is 1.64 bits per heavy atom. The molecule has 0 aliphatic heterocycles. The predicted octanol–water partition coefficient (Wildman–Crippen LogP) is 2.77. The molecule has 3 heteroatoms. The summed E-state index contributed by atoms with van der Waals surface area (Å²) < 4.78 is 5.39. The Hall–Kier alpha value is -0.310. The van der Waals surface area contributed by atoms with Gasteiger partial charge in [-0.15, -0.1) is 0 Å². The van der Waals surface area contributed by atoms with Gasteiger partial charge in [-0.25, -0.2) is 4.98 Å². The van der Waals surface area contributed by atoms with Gasteiger partial charge in [0.15, 0.2) is 0 Å². The SMILES string of the molecule is CC(C)Cc1cnc(CBr)o1. The van der Waals surface area contributed by atoms with Crippen molar-refractivity contribution in [2.45, 2.75) is 25.6 Å². The van der Waals surface area contributed by atoms with E-state index in [9.17, 15) is 0 Å². The third-order valence-electron chi connectivity index (χ3n) is 1.33. The maximum Gasteiger partial charge on any atom is 0.205 e. The van der Waals surface area contributed by atoms with Gasteiger partial charge in [-0.2, -0.15) is 0 Å². The smallest absolute Gasteiger partial charge is 0.205 e. The van der Waals surface area contributed by atoms with Crippen LogP contribution in [0.25, 0.3) is 0 Å². The zero-order valence-electron chi connectivity index (χ0n) is 6.80. The molecule has 0 spiro atoms. The standard InChI is InChI=1S/C8H12BrNO/c1-6(2)3-7-5-10-8(4-9)11-7/h5-6H,3-4H2,1-2H3. The molecule has 0 saturated carbocycles. The number of hydrogen-bond donors (Lipinski definition) is 0. The number of alkyl halides is 1. The summed E-state index contributed by atoms with van der Waals surface area (Å²) >= 11 is 3.28. The molecule has 0 saturated heterocycles. The first-order chi connectivity index (χ1) is 5.22. The van der Waals surface area contributed by atoms with E-state index < -0.39 is 0 Å². The topological polar surface area (TPSA) is 26.0 Å². The van der Waals surface area contributed by atoms with Gasteiger partial charge in [0.1, 0.15) is 5.76 Å². The van der Waals surface area contributed by atoms with Crippen molar-refractivity contribution in [3.8, 4) is 0 Å². The summed E-state index contributed by atoms with van der Waals surface area (Å²) in [6.07, 6.45) is 2.77. The Morgan fingerprint density at radius 2 is 2.36 bits per heavy atom. The van der Waals surface area contributed by atoms with E-state index in [1.54, 1.807) is 6.20 Å². The van der Waals surface area contributed by atoms with Gasteiger partial charge in [-0.1, -0.05) is 29.8 Å². The van der Waals surface area contributed by atoms with Crippen molar-refractivity contribution in [1.29, 1.82) is 0 Å². The Kier molecular flexibility index (Phi) is 3.12. The van der Waals surface area contributed by atoms with Crippen LogP contribution in [0.1, 0.15) is 25.5 Å². The molecule has 0 unspecified atom stereocenters. The molecule has 0 N–H and O–H groups in total. The molecule has 1 rings (SSSR count). The van der Waals surface area contributed by atoms with Gasteiger partial charge in [-0.05, 0) is 5.92 Å². The Labute approximate surface area is 75.1 Å². The van der Waals surface area contributed by atoms with Gasteiger partial charge < -0.3 is 4.42 Å². The number of oxazole rings is 1. The van der Waals surface area contributed by atoms with Crippen LogP contribution in [0.5, 0.6) is 0 Å². The maximum atomic E-state index is 5.39. The highest BCUT2D eigenvalue weighted by Crippen LogP contribution is 2.11. The highest BCUT2D eigenvalue weighted by molar-refractivity contribution is 9.08. The predicted molar refractivity (Wildman–Crippen MR) is 47.7 cm³/mol. The summed E-state index contributed by atoms with van der Waals surface area (Å²) in [7, 11) is 0. The van der Waals surface area contributed by atoms with Crippen molar-refractivity contribution >= 4 is 15.9 Å². The van der Waals surface area contributed by atoms with Gasteiger partial charge in [-0.3, -0.25) is 0 Å². The normalized spacial score (nSPS) is 10.9. The van der Waals surface area contributed by atoms with Gasteiger partial charge in [0, 0.05) is 6.42 Å². The summed E-state index contributed by atoms with van der Waals surface area (Å²) in [5, 5.41) is 0.699. The van der Waals surface area contributed by atoms with Crippen molar-refractivity contribution in [1.82, 2.24) is 4.98 Å². The molecular formula is C8H12BrNO. The van der Waals surface area contributed by atoms with E-state index in [-0.39, 0.29) is 0 Å². The second-order valence-corrected chi connectivity index (χ2v) is 3.51. The molecule has 1 aromatic heterocycles. The lowest BCUT2D eigenvalue weighted by Crippen LogP contribution is -1.90. The quantitative estimate of drug-likeness (QED) is 0.729. The summed E-state index contributed by atoms with van der Waals surface area (Å²) in [4.78, 5) is 4.07. The van der Waals surface area contributed by atoms with E-state index >= 15 is 0 Å². The molecular weight excluding hydrogens is 206 g/mol. The van der Waals surface area contributed by atoms with Crippen LogP contribution in [0, 0.1) is 5.92 Å². The first-order valence-corrected chi connectivity index (χ1v) is 4.84. The van der Waals surface area contributed by atoms with Crippen LogP contribution in [0.15, 0.2) is 10.6 Å². The van der Waals surface area contributed by atoms with Gasteiger partial charge >= 0.3 is 0 Å². The van der Waals surface area contributed by atoms with Crippen molar-refractivity contribution in [3.63, 3.8) is 0 Å². The molecule has 1 heterocycles. The minimum Gasteiger partial charge on any atom is -0.445 e. The molecule has 62 valence electrons. The number of aromatic nitrogens is 1. The van der Waals surface area contributed by atoms with E-state index in [2.05, 4.69) is 34.8 Å². The first-order valence-electron chi connectivity index (χ1n) is 3.72. The number of hydrogen-bond acceptors (Lipinski definition) is 2. The lowest BCUT2D eigenvalue weighted by atomic mass is 10.1. The molecule has 0 fully saturated rings. The van der Waals surface area contributed by atoms with E-state index in [0.717, 1.165) is 18.1 Å². The van der Waals surface area contributed by atoms with Crippen LogP contribution in [-0.2, 0) is 11.8 Å². The van der Waals surface area contributed by atoms with Crippen LogP contribution >= 0.6 is 15.9 Å². The van der Waals surface area contributed by atoms with E-state index in [1.807, 2.05) is 0 Å². The van der Waals surface area contributed by atoms with Crippen LogP contribution in [-0.4, -0.2) is 4.98 Å². The lowest BCUT2D eigenvalue weighted by molar-refractivity contribution is 0.445. The zero-order chi connectivity index (χ0) is 8.27. The van der Waals surface area contributed by atoms with E-state index in [1.165, 1.54) is 0 Å². The second-order valence-electron chi connectivity index (χ2n) is 2.95. The van der Waals surface area contributed by atoms with Crippen LogP contribution in [0.4, 0.5) is 0 Å². The highest BCUT2D eigenvalue weighted by Gasteiger charge is 2.03. The number of nitrogens with zero attached hydrogens (tertiary/aromatic N) is 1. The molecule has 0 radical (unpaired) electrons. The molecule has 0 aromatic carbocycles. The van der Waals surface area contributed by atoms with Crippen molar-refractivity contribution in [2.24, 2.45) is 5.92 Å². The molecule has 0 bridgehead atoms. The molecule has 11 heavy (non-hydrogen) atoms. The Balaban J connectivity index is 2.58. The first kappa shape index (κ1) is 8.78. The second kappa shape index (κ2) is 3.90. The van der Waals surface area contributed by atoms with Crippen molar-refractivity contribution in [3.05, 3.63) is 17.8 Å². The van der Waals surface area contributed by atoms with Crippen molar-refractivity contribution < 1.29 is 4.42 Å². The molecule has 0 atom stereocenters. The number of halogens is 1. The Morgan fingerprint density at radius 3 is 2.82 bits per heavy atom. The van der Waals surface area contributed by atoms with Gasteiger partial charge in [0.25, 0.3) is 0 Å². The minimum atomic E-state index is 0.631. The van der Waals surface area contributed by atoms with Crippen LogP contribution in [0.2, 0.25) is 0 Å². The fourth-order valence-electron chi connectivity index (χ4n) is 0.907. The van der Waals surface area contributed by atoms with Crippen molar-refractivity contribution in [2.75, 3.05) is 0 Å². The van der Waals surface area contributed by atoms with Crippen LogP contribution in [0.3, 0.4) is 0 Å². The average molecular weight is 218 g/mol. The molecule has 0 aliphatic carbocycles. The lowest BCUT2D eigenvalue weighted by Gasteiger charge is -1.97. The summed E-state index contributed by atoms with van der Waals surface area (Å²) in [6.45, 7) is 4.33. The molecule has 0 amide bonds. The largest absolute Gasteiger partial charge is 0.445 e. The molecule has 1 aromatic rings. The Bertz CT molecular complexity index is 220.